The Labute approximate surface area is 429 Å². The van der Waals surface area contributed by atoms with Crippen molar-refractivity contribution in [3.05, 3.63) is 241 Å². The van der Waals surface area contributed by atoms with Crippen LogP contribution < -0.4 is 0 Å². The highest BCUT2D eigenvalue weighted by Crippen LogP contribution is 2.37. The first kappa shape index (κ1) is 49.7. The Balaban J connectivity index is 0.000000119. The maximum atomic E-state index is 2.34. The topological polar surface area (TPSA) is 0 Å². The SMILES string of the molecule is CC(C)(C)c1ccc2c(ccc3ccccc32)c1.CC(C)(C)c1ccc2ccc3ccccc3c2c1.CC(C)(C)c1cccc2c1ccc1ccccc12.CC(C)(C)c1cccc2ccc3ccccc3c12. The van der Waals surface area contributed by atoms with Gasteiger partial charge < -0.3 is 0 Å². The van der Waals surface area contributed by atoms with Crippen molar-refractivity contribution in [3.8, 4) is 0 Å². The number of benzene rings is 12. The Morgan fingerprint density at radius 3 is 1.08 bits per heavy atom. The Morgan fingerprint density at radius 1 is 0.194 bits per heavy atom. The van der Waals surface area contributed by atoms with Crippen LogP contribution >= 0.6 is 0 Å². The summed E-state index contributed by atoms with van der Waals surface area (Å²) in [6.07, 6.45) is 0. The van der Waals surface area contributed by atoms with E-state index >= 15 is 0 Å². The van der Waals surface area contributed by atoms with Crippen molar-refractivity contribution in [3.63, 3.8) is 0 Å². The zero-order chi connectivity index (χ0) is 51.0. The minimum absolute atomic E-state index is 0.170. The van der Waals surface area contributed by atoms with E-state index in [-0.39, 0.29) is 21.7 Å². The summed E-state index contributed by atoms with van der Waals surface area (Å²) in [6.45, 7) is 27.2. The molecule has 0 aliphatic heterocycles. The molecule has 12 aromatic rings. The van der Waals surface area contributed by atoms with Crippen molar-refractivity contribution in [2.45, 2.75) is 105 Å². The summed E-state index contributed by atoms with van der Waals surface area (Å²) in [7, 11) is 0. The molecule has 0 saturated carbocycles. The molecule has 0 aliphatic carbocycles. The molecule has 0 aromatic heterocycles. The normalized spacial score (nSPS) is 12.2. The summed E-state index contributed by atoms with van der Waals surface area (Å²) in [5.74, 6) is 0. The van der Waals surface area contributed by atoms with E-state index < -0.39 is 0 Å². The molecule has 0 unspecified atom stereocenters. The third-order valence-electron chi connectivity index (χ3n) is 14.4. The maximum Gasteiger partial charge on any atom is -0.00680 e. The highest BCUT2D eigenvalue weighted by atomic mass is 14.2. The average molecular weight is 937 g/mol. The zero-order valence-electron chi connectivity index (χ0n) is 44.8. The molecule has 360 valence electrons. The number of hydrogen-bond donors (Lipinski definition) is 0. The van der Waals surface area contributed by atoms with Gasteiger partial charge >= 0.3 is 0 Å². The molecule has 0 radical (unpaired) electrons. The molecule has 0 amide bonds. The largest absolute Gasteiger partial charge is 0.0616 e. The summed E-state index contributed by atoms with van der Waals surface area (Å²) in [5, 5.41) is 21.5. The Hall–Kier alpha value is -7.28. The Morgan fingerprint density at radius 2 is 0.528 bits per heavy atom. The lowest BCUT2D eigenvalue weighted by molar-refractivity contribution is 0.591. The lowest BCUT2D eigenvalue weighted by Crippen LogP contribution is -2.11. The minimum Gasteiger partial charge on any atom is -0.0616 e. The summed E-state index contributed by atoms with van der Waals surface area (Å²) in [6, 6.07) is 79.2. The lowest BCUT2D eigenvalue weighted by atomic mass is 9.82. The first-order valence-corrected chi connectivity index (χ1v) is 25.9. The van der Waals surface area contributed by atoms with Crippen LogP contribution in [-0.2, 0) is 21.7 Å². The van der Waals surface area contributed by atoms with Crippen LogP contribution in [-0.4, -0.2) is 0 Å². The number of hydrogen-bond acceptors (Lipinski definition) is 0. The molecule has 0 aliphatic rings. The van der Waals surface area contributed by atoms with Crippen LogP contribution in [0.5, 0.6) is 0 Å². The third kappa shape index (κ3) is 10.5. The van der Waals surface area contributed by atoms with Crippen molar-refractivity contribution in [2.24, 2.45) is 0 Å². The highest BCUT2D eigenvalue weighted by Gasteiger charge is 2.19. The molecule has 0 heteroatoms. The van der Waals surface area contributed by atoms with Crippen LogP contribution in [0.3, 0.4) is 0 Å². The van der Waals surface area contributed by atoms with E-state index in [1.54, 1.807) is 0 Å². The van der Waals surface area contributed by atoms with Gasteiger partial charge in [0.15, 0.2) is 0 Å². The average Bonchev–Trinajstić information content (AvgIpc) is 3.37. The van der Waals surface area contributed by atoms with Crippen LogP contribution in [0.4, 0.5) is 0 Å². The predicted octanol–water partition coefficient (Wildman–Crippen LogP) is 21.2. The lowest BCUT2D eigenvalue weighted by Gasteiger charge is -2.22. The molecule has 0 bridgehead atoms. The highest BCUT2D eigenvalue weighted by molar-refractivity contribution is 6.11. The van der Waals surface area contributed by atoms with Gasteiger partial charge in [-0.2, -0.15) is 0 Å². The predicted molar refractivity (Wildman–Crippen MR) is 321 cm³/mol. The van der Waals surface area contributed by atoms with Gasteiger partial charge in [0.05, 0.1) is 0 Å². The molecule has 72 heavy (non-hydrogen) atoms. The first-order valence-electron chi connectivity index (χ1n) is 25.9. The molecule has 0 N–H and O–H groups in total. The van der Waals surface area contributed by atoms with Crippen molar-refractivity contribution in [1.82, 2.24) is 0 Å². The summed E-state index contributed by atoms with van der Waals surface area (Å²) < 4.78 is 0. The maximum absolute atomic E-state index is 2.34. The molecular weight excluding hydrogens is 865 g/mol. The van der Waals surface area contributed by atoms with Gasteiger partial charge in [0, 0.05) is 0 Å². The van der Waals surface area contributed by atoms with E-state index in [0.29, 0.717) is 0 Å². The molecular formula is C72H72. The summed E-state index contributed by atoms with van der Waals surface area (Å²) >= 11 is 0. The number of fused-ring (bicyclic) bond motifs is 12. The zero-order valence-corrected chi connectivity index (χ0v) is 44.8. The molecule has 0 heterocycles. The van der Waals surface area contributed by atoms with Gasteiger partial charge in [-0.1, -0.05) is 301 Å². The first-order chi connectivity index (χ1) is 34.3. The fraction of sp³-hybridized carbons (Fsp3) is 0.222. The van der Waals surface area contributed by atoms with Gasteiger partial charge in [0.2, 0.25) is 0 Å². The second-order valence-corrected chi connectivity index (χ2v) is 23.8. The van der Waals surface area contributed by atoms with Gasteiger partial charge in [-0.15, -0.1) is 0 Å². The van der Waals surface area contributed by atoms with Gasteiger partial charge in [0.25, 0.3) is 0 Å². The van der Waals surface area contributed by atoms with Crippen molar-refractivity contribution in [2.75, 3.05) is 0 Å². The van der Waals surface area contributed by atoms with Gasteiger partial charge in [-0.25, -0.2) is 0 Å². The summed E-state index contributed by atoms with van der Waals surface area (Å²) in [4.78, 5) is 0. The standard InChI is InChI=1S/4C18H18/c1-18(2,3)16-10-6-8-14-12-11-13-7-4-5-9-15(13)17(14)16;1-18(2,3)17-10-6-9-15-14-8-5-4-7-13(14)11-12-16(15)17;1-18(2,3)15-10-11-17-14(12-15)9-8-13-6-4-5-7-16(13)17;1-18(2,3)15-11-10-14-9-8-13-6-4-5-7-16(13)17(14)12-15/h4*4-12H,1-3H3. The van der Waals surface area contributed by atoms with E-state index in [2.05, 4.69) is 301 Å². The van der Waals surface area contributed by atoms with E-state index in [9.17, 15) is 0 Å². The van der Waals surface area contributed by atoms with Gasteiger partial charge in [0.1, 0.15) is 0 Å². The molecule has 0 fully saturated rings. The fourth-order valence-electron chi connectivity index (χ4n) is 10.3. The molecule has 0 atom stereocenters. The monoisotopic (exact) mass is 937 g/mol. The van der Waals surface area contributed by atoms with Gasteiger partial charge in [-0.05, 0) is 130 Å². The van der Waals surface area contributed by atoms with Crippen LogP contribution in [0.2, 0.25) is 0 Å². The van der Waals surface area contributed by atoms with E-state index in [4.69, 9.17) is 0 Å². The molecule has 12 rings (SSSR count). The van der Waals surface area contributed by atoms with E-state index in [1.807, 2.05) is 0 Å². The molecule has 12 aromatic carbocycles. The second-order valence-electron chi connectivity index (χ2n) is 23.8. The third-order valence-corrected chi connectivity index (χ3v) is 14.4. The van der Waals surface area contributed by atoms with Crippen molar-refractivity contribution >= 4 is 86.2 Å². The van der Waals surface area contributed by atoms with Crippen LogP contribution in [0.1, 0.15) is 105 Å². The molecule has 0 saturated heterocycles. The Kier molecular flexibility index (Phi) is 13.6. The van der Waals surface area contributed by atoms with E-state index in [1.165, 1.54) is 108 Å². The van der Waals surface area contributed by atoms with Crippen molar-refractivity contribution in [1.29, 1.82) is 0 Å². The van der Waals surface area contributed by atoms with E-state index in [0.717, 1.165) is 0 Å². The molecule has 0 spiro atoms. The van der Waals surface area contributed by atoms with Crippen molar-refractivity contribution < 1.29 is 0 Å². The van der Waals surface area contributed by atoms with Gasteiger partial charge in [-0.3, -0.25) is 0 Å². The van der Waals surface area contributed by atoms with Crippen LogP contribution in [0, 0.1) is 0 Å². The second kappa shape index (κ2) is 19.7. The summed E-state index contributed by atoms with van der Waals surface area (Å²) in [5.41, 5.74) is 6.40. The van der Waals surface area contributed by atoms with Crippen LogP contribution in [0.15, 0.2) is 218 Å². The smallest absolute Gasteiger partial charge is 0.00680 e. The quantitative estimate of drug-likeness (QED) is 0.133. The Bertz CT molecular complexity index is 3840. The minimum atomic E-state index is 0.170. The fourth-order valence-corrected chi connectivity index (χ4v) is 10.3. The number of rotatable bonds is 0. The molecule has 0 nitrogen and oxygen atoms in total. The van der Waals surface area contributed by atoms with Crippen LogP contribution in [0.25, 0.3) is 86.2 Å².